The second-order valence-corrected chi connectivity index (χ2v) is 12.0. The number of likely N-dealkylation sites (tertiary alicyclic amines) is 1. The van der Waals surface area contributed by atoms with Crippen molar-refractivity contribution in [3.63, 3.8) is 0 Å². The minimum absolute atomic E-state index is 0.0509. The monoisotopic (exact) mass is 581 g/mol. The zero-order valence-corrected chi connectivity index (χ0v) is 22.6. The third kappa shape index (κ3) is 6.81. The van der Waals surface area contributed by atoms with E-state index in [1.54, 1.807) is 10.9 Å². The highest BCUT2D eigenvalue weighted by Gasteiger charge is 2.31. The first kappa shape index (κ1) is 28.5. The molecule has 2 aliphatic heterocycles. The number of ether oxygens (including phenoxy) is 1. The molecule has 2 aromatic carbocycles. The molecule has 1 saturated heterocycles. The van der Waals surface area contributed by atoms with Crippen molar-refractivity contribution < 1.29 is 30.7 Å². The fourth-order valence-electron chi connectivity index (χ4n) is 5.14. The van der Waals surface area contributed by atoms with Crippen LogP contribution in [0.3, 0.4) is 0 Å². The summed E-state index contributed by atoms with van der Waals surface area (Å²) in [7, 11) is -4.13. The van der Waals surface area contributed by atoms with Crippen LogP contribution in [0, 0.1) is 0 Å². The number of benzene rings is 2. The lowest BCUT2D eigenvalue weighted by atomic mass is 9.98. The van der Waals surface area contributed by atoms with Crippen molar-refractivity contribution in [1.29, 1.82) is 0 Å². The second kappa shape index (κ2) is 11.8. The van der Waals surface area contributed by atoms with Gasteiger partial charge < -0.3 is 4.74 Å². The molecule has 1 N–H and O–H groups in total. The van der Waals surface area contributed by atoms with Crippen LogP contribution in [0.5, 0.6) is 5.75 Å². The van der Waals surface area contributed by atoms with Gasteiger partial charge in [0.2, 0.25) is 10.0 Å². The quantitative estimate of drug-likeness (QED) is 0.394. The zero-order chi connectivity index (χ0) is 28.3. The van der Waals surface area contributed by atoms with E-state index in [2.05, 4.69) is 26.0 Å². The molecule has 40 heavy (non-hydrogen) atoms. The van der Waals surface area contributed by atoms with E-state index in [4.69, 9.17) is 4.74 Å². The van der Waals surface area contributed by atoms with E-state index >= 15 is 0 Å². The molecule has 8 nitrogen and oxygen atoms in total. The van der Waals surface area contributed by atoms with E-state index < -0.39 is 32.8 Å². The summed E-state index contributed by atoms with van der Waals surface area (Å²) in [6.45, 7) is 2.79. The van der Waals surface area contributed by atoms with Crippen LogP contribution < -0.4 is 9.46 Å². The van der Waals surface area contributed by atoms with Gasteiger partial charge in [0.15, 0.2) is 0 Å². The molecule has 216 valence electrons. The number of hydrogen-bond acceptors (Lipinski definition) is 6. The molecule has 0 radical (unpaired) electrons. The van der Waals surface area contributed by atoms with E-state index in [0.29, 0.717) is 37.6 Å². The van der Waals surface area contributed by atoms with Gasteiger partial charge in [0.25, 0.3) is 0 Å². The highest BCUT2D eigenvalue weighted by Crippen LogP contribution is 2.35. The lowest BCUT2D eigenvalue weighted by molar-refractivity contribution is -0.137. The van der Waals surface area contributed by atoms with Gasteiger partial charge in [0, 0.05) is 44.2 Å². The van der Waals surface area contributed by atoms with Gasteiger partial charge in [-0.1, -0.05) is 23.4 Å². The molecule has 0 aliphatic carbocycles. The van der Waals surface area contributed by atoms with Crippen molar-refractivity contribution in [3.05, 3.63) is 71.0 Å². The summed E-state index contributed by atoms with van der Waals surface area (Å²) in [6, 6.07) is 9.62. The summed E-state index contributed by atoms with van der Waals surface area (Å²) in [5, 5.41) is 8.41. The van der Waals surface area contributed by atoms with Crippen LogP contribution in [-0.4, -0.2) is 60.7 Å². The summed E-state index contributed by atoms with van der Waals surface area (Å²) in [5.74, 6) is 0.776. The molecule has 5 rings (SSSR count). The average molecular weight is 582 g/mol. The maximum atomic E-state index is 13.7. The standard InChI is InChI=1S/C27H31F4N5O3S/c28-21-4-2-12-35(13-9-21)17-19-6-7-24-25(10-14-39-26(24)15-19)36-18-22(33-34-36)8-11-32-40(37,38)23-5-1-3-20(16-23)27(29,30)31/h1,3,5-7,15-16,18,21,25,32H,2,4,8-14,17H2/t21?,25-/m1/s1. The number of nitrogens with one attached hydrogen (secondary N) is 1. The number of nitrogens with zero attached hydrogens (tertiary/aromatic N) is 4. The van der Waals surface area contributed by atoms with Crippen LogP contribution in [0.25, 0.3) is 0 Å². The number of rotatable bonds is 8. The summed E-state index contributed by atoms with van der Waals surface area (Å²) < 4.78 is 87.6. The number of fused-ring (bicyclic) bond motifs is 1. The lowest BCUT2D eigenvalue weighted by Gasteiger charge is -2.27. The first-order chi connectivity index (χ1) is 19.1. The molecule has 0 bridgehead atoms. The van der Waals surface area contributed by atoms with Crippen molar-refractivity contribution in [1.82, 2.24) is 24.6 Å². The van der Waals surface area contributed by atoms with Crippen LogP contribution in [0.1, 0.15) is 54.1 Å². The molecule has 1 unspecified atom stereocenters. The van der Waals surface area contributed by atoms with Crippen molar-refractivity contribution in [2.45, 2.75) is 61.9 Å². The molecule has 1 aromatic heterocycles. The fraction of sp³-hybridized carbons (Fsp3) is 0.481. The van der Waals surface area contributed by atoms with Crippen LogP contribution in [0.2, 0.25) is 0 Å². The Balaban J connectivity index is 1.20. The molecule has 2 aliphatic rings. The Morgan fingerprint density at radius 1 is 1.07 bits per heavy atom. The average Bonchev–Trinajstić information content (AvgIpc) is 3.29. The fourth-order valence-corrected chi connectivity index (χ4v) is 6.21. The van der Waals surface area contributed by atoms with Gasteiger partial charge in [-0.3, -0.25) is 4.90 Å². The molecule has 1 fully saturated rings. The van der Waals surface area contributed by atoms with Gasteiger partial charge in [0.1, 0.15) is 11.9 Å². The Morgan fingerprint density at radius 2 is 1.93 bits per heavy atom. The Labute approximate surface area is 230 Å². The molecule has 2 atom stereocenters. The largest absolute Gasteiger partial charge is 0.493 e. The smallest absolute Gasteiger partial charge is 0.416 e. The molecule has 13 heteroatoms. The first-order valence-corrected chi connectivity index (χ1v) is 14.8. The van der Waals surface area contributed by atoms with Crippen LogP contribution in [0.15, 0.2) is 53.6 Å². The normalized spacial score (nSPS) is 20.5. The summed E-state index contributed by atoms with van der Waals surface area (Å²) >= 11 is 0. The minimum Gasteiger partial charge on any atom is -0.493 e. The van der Waals surface area contributed by atoms with E-state index in [-0.39, 0.29) is 19.0 Å². The van der Waals surface area contributed by atoms with Crippen LogP contribution in [-0.2, 0) is 29.2 Å². The zero-order valence-electron chi connectivity index (χ0n) is 21.8. The van der Waals surface area contributed by atoms with Gasteiger partial charge in [-0.15, -0.1) is 5.10 Å². The van der Waals surface area contributed by atoms with Crippen molar-refractivity contribution >= 4 is 10.0 Å². The number of aromatic nitrogens is 3. The summed E-state index contributed by atoms with van der Waals surface area (Å²) in [6.07, 6.45) is -0.687. The summed E-state index contributed by atoms with van der Waals surface area (Å²) in [5.41, 5.74) is 1.59. The Kier molecular flexibility index (Phi) is 8.43. The second-order valence-electron chi connectivity index (χ2n) is 10.2. The highest BCUT2D eigenvalue weighted by molar-refractivity contribution is 7.89. The van der Waals surface area contributed by atoms with Crippen LogP contribution >= 0.6 is 0 Å². The van der Waals surface area contributed by atoms with Crippen LogP contribution in [0.4, 0.5) is 17.6 Å². The molecular formula is C27H31F4N5O3S. The van der Waals surface area contributed by atoms with Gasteiger partial charge >= 0.3 is 6.18 Å². The third-order valence-corrected chi connectivity index (χ3v) is 8.72. The lowest BCUT2D eigenvalue weighted by Crippen LogP contribution is -2.26. The van der Waals surface area contributed by atoms with Gasteiger partial charge in [-0.25, -0.2) is 22.2 Å². The van der Waals surface area contributed by atoms with Gasteiger partial charge in [0.05, 0.1) is 28.8 Å². The Hall–Kier alpha value is -3.03. The first-order valence-electron chi connectivity index (χ1n) is 13.3. The summed E-state index contributed by atoms with van der Waals surface area (Å²) in [4.78, 5) is 1.82. The van der Waals surface area contributed by atoms with E-state index in [9.17, 15) is 26.0 Å². The van der Waals surface area contributed by atoms with Crippen molar-refractivity contribution in [3.8, 4) is 5.75 Å². The molecule has 3 heterocycles. The predicted octanol–water partition coefficient (Wildman–Crippen LogP) is 4.51. The van der Waals surface area contributed by atoms with Crippen molar-refractivity contribution in [2.24, 2.45) is 0 Å². The molecular weight excluding hydrogens is 550 g/mol. The highest BCUT2D eigenvalue weighted by atomic mass is 32.2. The number of sulfonamides is 1. The molecule has 0 saturated carbocycles. The van der Waals surface area contributed by atoms with E-state index in [1.165, 1.54) is 0 Å². The Morgan fingerprint density at radius 3 is 2.75 bits per heavy atom. The molecule has 0 amide bonds. The maximum Gasteiger partial charge on any atom is 0.416 e. The minimum atomic E-state index is -4.64. The number of hydrogen-bond donors (Lipinski definition) is 1. The maximum absolute atomic E-state index is 13.7. The van der Waals surface area contributed by atoms with Gasteiger partial charge in [-0.05, 0) is 55.6 Å². The predicted molar refractivity (Wildman–Crippen MR) is 139 cm³/mol. The number of alkyl halides is 4. The topological polar surface area (TPSA) is 89.4 Å². The molecule has 0 spiro atoms. The SMILES string of the molecule is O=S(=O)(NCCc1cn([C@@H]2CCOc3cc(CN4CCCC(F)CC4)ccc32)nn1)c1cccc(C(F)(F)F)c1. The van der Waals surface area contributed by atoms with Crippen molar-refractivity contribution in [2.75, 3.05) is 26.2 Å². The van der Waals surface area contributed by atoms with E-state index in [0.717, 1.165) is 61.1 Å². The van der Waals surface area contributed by atoms with Gasteiger partial charge in [-0.2, -0.15) is 13.2 Å². The Bertz CT molecular complexity index is 1430. The molecule has 3 aromatic rings. The third-order valence-electron chi connectivity index (χ3n) is 7.26. The number of halogens is 4. The van der Waals surface area contributed by atoms with E-state index in [1.807, 2.05) is 12.1 Å².